The molecule has 0 amide bonds. The van der Waals surface area contributed by atoms with Gasteiger partial charge in [0.1, 0.15) is 12.4 Å². The van der Waals surface area contributed by atoms with E-state index in [9.17, 15) is 5.11 Å². The number of hydrogen-bond acceptors (Lipinski definition) is 4. The van der Waals surface area contributed by atoms with Crippen molar-refractivity contribution in [3.63, 3.8) is 0 Å². The second-order valence-electron chi connectivity index (χ2n) is 4.27. The Bertz CT molecular complexity index is 584. The van der Waals surface area contributed by atoms with Crippen molar-refractivity contribution >= 4 is 15.9 Å². The van der Waals surface area contributed by atoms with E-state index in [2.05, 4.69) is 15.9 Å². The highest BCUT2D eigenvalue weighted by atomic mass is 79.9. The van der Waals surface area contributed by atoms with E-state index < -0.39 is 0 Å². The molecule has 0 fully saturated rings. The van der Waals surface area contributed by atoms with E-state index in [-0.39, 0.29) is 5.75 Å². The molecule has 0 aliphatic rings. The molecule has 0 unspecified atom stereocenters. The lowest BCUT2D eigenvalue weighted by molar-refractivity contribution is 0.282. The van der Waals surface area contributed by atoms with Gasteiger partial charge in [-0.05, 0) is 51.3 Å². The van der Waals surface area contributed by atoms with Crippen molar-refractivity contribution in [1.82, 2.24) is 0 Å². The lowest BCUT2D eigenvalue weighted by Gasteiger charge is -2.14. The van der Waals surface area contributed by atoms with Crippen molar-refractivity contribution < 1.29 is 14.6 Å². The Balaban J connectivity index is 2.18. The molecule has 0 heterocycles. The topological polar surface area (TPSA) is 64.7 Å². The van der Waals surface area contributed by atoms with Gasteiger partial charge in [0.25, 0.3) is 0 Å². The maximum absolute atomic E-state index is 9.25. The lowest BCUT2D eigenvalue weighted by atomic mass is 10.2. The number of aromatic hydroxyl groups is 1. The molecular weight excluding hydrogens is 322 g/mol. The highest BCUT2D eigenvalue weighted by molar-refractivity contribution is 9.10. The first-order valence-corrected chi connectivity index (χ1v) is 6.90. The highest BCUT2D eigenvalue weighted by Gasteiger charge is 2.11. The zero-order valence-electron chi connectivity index (χ0n) is 11.1. The Morgan fingerprint density at radius 3 is 2.45 bits per heavy atom. The number of phenolic OH excluding ortho intramolecular Hbond substituents is 1. The molecule has 2 rings (SSSR count). The van der Waals surface area contributed by atoms with E-state index in [1.54, 1.807) is 19.2 Å². The van der Waals surface area contributed by atoms with Gasteiger partial charge in [0.15, 0.2) is 11.5 Å². The predicted octanol–water partition coefficient (Wildman–Crippen LogP) is 3.20. The van der Waals surface area contributed by atoms with Crippen LogP contribution in [-0.4, -0.2) is 12.2 Å². The molecule has 3 N–H and O–H groups in total. The first kappa shape index (κ1) is 14.7. The van der Waals surface area contributed by atoms with Crippen LogP contribution in [0.25, 0.3) is 0 Å². The van der Waals surface area contributed by atoms with Crippen molar-refractivity contribution in [2.24, 2.45) is 5.73 Å². The average Bonchev–Trinajstić information content (AvgIpc) is 2.47. The molecule has 0 bridgehead atoms. The van der Waals surface area contributed by atoms with E-state index in [1.807, 2.05) is 24.3 Å². The summed E-state index contributed by atoms with van der Waals surface area (Å²) < 4.78 is 11.9. The average molecular weight is 338 g/mol. The van der Waals surface area contributed by atoms with Crippen LogP contribution in [0.2, 0.25) is 0 Å². The third-order valence-corrected chi connectivity index (χ3v) is 3.43. The fourth-order valence-corrected chi connectivity index (χ4v) is 2.38. The van der Waals surface area contributed by atoms with Gasteiger partial charge in [0, 0.05) is 6.54 Å². The third kappa shape index (κ3) is 3.43. The quantitative estimate of drug-likeness (QED) is 0.879. The van der Waals surface area contributed by atoms with Gasteiger partial charge in [0.2, 0.25) is 0 Å². The fraction of sp³-hybridized carbons (Fsp3) is 0.200. The largest absolute Gasteiger partial charge is 0.508 e. The second-order valence-corrected chi connectivity index (χ2v) is 5.12. The Hall–Kier alpha value is -1.72. The van der Waals surface area contributed by atoms with Gasteiger partial charge in [-0.25, -0.2) is 0 Å². The van der Waals surface area contributed by atoms with E-state index in [4.69, 9.17) is 15.2 Å². The van der Waals surface area contributed by atoms with Crippen molar-refractivity contribution in [2.45, 2.75) is 13.2 Å². The minimum absolute atomic E-state index is 0.236. The van der Waals surface area contributed by atoms with E-state index in [0.717, 1.165) is 15.6 Å². The summed E-state index contributed by atoms with van der Waals surface area (Å²) in [5.74, 6) is 1.51. The highest BCUT2D eigenvalue weighted by Crippen LogP contribution is 2.37. The number of rotatable bonds is 5. The summed E-state index contributed by atoms with van der Waals surface area (Å²) in [4.78, 5) is 0. The molecule has 0 aliphatic heterocycles. The standard InChI is InChI=1S/C15H16BrNO3/c1-19-14-7-11(8-17)6-13(16)15(14)20-9-10-2-4-12(18)5-3-10/h2-7,18H,8-9,17H2,1H3. The van der Waals surface area contributed by atoms with Crippen molar-refractivity contribution in [1.29, 1.82) is 0 Å². The van der Waals surface area contributed by atoms with E-state index >= 15 is 0 Å². The second kappa shape index (κ2) is 6.63. The summed E-state index contributed by atoms with van der Waals surface area (Å²) >= 11 is 3.46. The van der Waals surface area contributed by atoms with Crippen LogP contribution < -0.4 is 15.2 Å². The van der Waals surface area contributed by atoms with Gasteiger partial charge >= 0.3 is 0 Å². The van der Waals surface area contributed by atoms with Crippen LogP contribution in [0.15, 0.2) is 40.9 Å². The summed E-state index contributed by atoms with van der Waals surface area (Å²) in [6, 6.07) is 10.6. The first-order chi connectivity index (χ1) is 9.63. The maximum Gasteiger partial charge on any atom is 0.175 e. The van der Waals surface area contributed by atoms with Crippen LogP contribution in [-0.2, 0) is 13.2 Å². The van der Waals surface area contributed by atoms with E-state index in [0.29, 0.717) is 24.7 Å². The Morgan fingerprint density at radius 2 is 1.85 bits per heavy atom. The van der Waals surface area contributed by atoms with Gasteiger partial charge < -0.3 is 20.3 Å². The zero-order chi connectivity index (χ0) is 14.5. The first-order valence-electron chi connectivity index (χ1n) is 6.11. The van der Waals surface area contributed by atoms with Gasteiger partial charge in [-0.2, -0.15) is 0 Å². The molecule has 4 nitrogen and oxygen atoms in total. The van der Waals surface area contributed by atoms with E-state index in [1.165, 1.54) is 0 Å². The lowest BCUT2D eigenvalue weighted by Crippen LogP contribution is -2.01. The van der Waals surface area contributed by atoms with Crippen LogP contribution in [0.5, 0.6) is 17.2 Å². The monoisotopic (exact) mass is 337 g/mol. The summed E-state index contributed by atoms with van der Waals surface area (Å²) in [7, 11) is 1.59. The number of ether oxygens (including phenoxy) is 2. The molecule has 5 heteroatoms. The smallest absolute Gasteiger partial charge is 0.175 e. The summed E-state index contributed by atoms with van der Waals surface area (Å²) in [5.41, 5.74) is 7.55. The molecule has 0 aromatic heterocycles. The molecule has 0 aliphatic carbocycles. The van der Waals surface area contributed by atoms with Gasteiger partial charge in [-0.1, -0.05) is 12.1 Å². The molecule has 2 aromatic carbocycles. The molecule has 0 saturated carbocycles. The van der Waals surface area contributed by atoms with Crippen molar-refractivity contribution in [3.8, 4) is 17.2 Å². The van der Waals surface area contributed by atoms with Crippen LogP contribution in [0.3, 0.4) is 0 Å². The minimum atomic E-state index is 0.236. The molecule has 0 spiro atoms. The summed E-state index contributed by atoms with van der Waals surface area (Å²) in [6.45, 7) is 0.824. The number of hydrogen-bond donors (Lipinski definition) is 2. The van der Waals surface area contributed by atoms with Gasteiger partial charge in [-0.15, -0.1) is 0 Å². The van der Waals surface area contributed by atoms with Crippen LogP contribution in [0.4, 0.5) is 0 Å². The molecule has 0 radical (unpaired) electrons. The molecule has 20 heavy (non-hydrogen) atoms. The number of nitrogens with two attached hydrogens (primary N) is 1. The minimum Gasteiger partial charge on any atom is -0.508 e. The molecular formula is C15H16BrNO3. The molecule has 0 saturated heterocycles. The summed E-state index contributed by atoms with van der Waals surface area (Å²) in [6.07, 6.45) is 0. The Morgan fingerprint density at radius 1 is 1.15 bits per heavy atom. The van der Waals surface area contributed by atoms with Crippen molar-refractivity contribution in [3.05, 3.63) is 52.0 Å². The SMILES string of the molecule is COc1cc(CN)cc(Br)c1OCc1ccc(O)cc1. The maximum atomic E-state index is 9.25. The predicted molar refractivity (Wildman–Crippen MR) is 81.0 cm³/mol. The number of halogens is 1. The number of benzene rings is 2. The van der Waals surface area contributed by atoms with Crippen LogP contribution in [0.1, 0.15) is 11.1 Å². The molecule has 2 aromatic rings. The molecule has 0 atom stereocenters. The normalized spacial score (nSPS) is 10.3. The Kier molecular flexibility index (Phi) is 4.87. The number of methoxy groups -OCH3 is 1. The van der Waals surface area contributed by atoms with Gasteiger partial charge in [0.05, 0.1) is 11.6 Å². The molecule has 106 valence electrons. The fourth-order valence-electron chi connectivity index (χ4n) is 1.78. The third-order valence-electron chi connectivity index (χ3n) is 2.84. The summed E-state index contributed by atoms with van der Waals surface area (Å²) in [5, 5.41) is 9.25. The van der Waals surface area contributed by atoms with Gasteiger partial charge in [-0.3, -0.25) is 0 Å². The number of phenols is 1. The van der Waals surface area contributed by atoms with Crippen LogP contribution >= 0.6 is 15.9 Å². The zero-order valence-corrected chi connectivity index (χ0v) is 12.7. The van der Waals surface area contributed by atoms with Crippen LogP contribution in [0, 0.1) is 0 Å². The van der Waals surface area contributed by atoms with Crippen molar-refractivity contribution in [2.75, 3.05) is 7.11 Å². The Labute approximate surface area is 126 Å².